The predicted octanol–water partition coefficient (Wildman–Crippen LogP) is 3.18. The first kappa shape index (κ1) is 12.9. The molecule has 3 nitrogen and oxygen atoms in total. The number of aromatic nitrogens is 1. The molecule has 0 bridgehead atoms. The number of nitrogens with zero attached hydrogens (tertiary/aromatic N) is 1. The van der Waals surface area contributed by atoms with E-state index >= 15 is 0 Å². The van der Waals surface area contributed by atoms with E-state index in [-0.39, 0.29) is 11.8 Å². The van der Waals surface area contributed by atoms with E-state index in [1.165, 1.54) is 0 Å². The van der Waals surface area contributed by atoms with Crippen molar-refractivity contribution in [3.05, 3.63) is 33.9 Å². The van der Waals surface area contributed by atoms with Crippen LogP contribution in [0.3, 0.4) is 0 Å². The number of ketones is 1. The average molecular weight is 321 g/mol. The van der Waals surface area contributed by atoms with Crippen LogP contribution in [0.1, 0.15) is 28.9 Å². The molecule has 100 valence electrons. The van der Waals surface area contributed by atoms with Gasteiger partial charge < -0.3 is 9.88 Å². The van der Waals surface area contributed by atoms with E-state index in [0.29, 0.717) is 0 Å². The molecule has 0 aliphatic carbocycles. The third kappa shape index (κ3) is 2.03. The second-order valence-corrected chi connectivity index (χ2v) is 6.11. The number of benzene rings is 1. The van der Waals surface area contributed by atoms with Gasteiger partial charge in [0.15, 0.2) is 5.78 Å². The van der Waals surface area contributed by atoms with Crippen LogP contribution in [0.5, 0.6) is 0 Å². The van der Waals surface area contributed by atoms with Gasteiger partial charge in [-0.1, -0.05) is 22.0 Å². The van der Waals surface area contributed by atoms with Crippen molar-refractivity contribution in [3.8, 4) is 0 Å². The fraction of sp³-hybridized carbons (Fsp3) is 0.400. The minimum atomic E-state index is -0.00653. The Kier molecular flexibility index (Phi) is 3.23. The highest BCUT2D eigenvalue weighted by atomic mass is 79.9. The van der Waals surface area contributed by atoms with Gasteiger partial charge in [-0.3, -0.25) is 4.79 Å². The van der Waals surface area contributed by atoms with E-state index < -0.39 is 0 Å². The molecule has 1 aromatic heterocycles. The zero-order chi connectivity index (χ0) is 13.6. The highest BCUT2D eigenvalue weighted by molar-refractivity contribution is 9.10. The molecular formula is C15H17BrN2O. The number of hydrogen-bond donors (Lipinski definition) is 1. The quantitative estimate of drug-likeness (QED) is 0.862. The molecule has 0 amide bonds. The van der Waals surface area contributed by atoms with Gasteiger partial charge in [0.05, 0.1) is 6.04 Å². The van der Waals surface area contributed by atoms with Gasteiger partial charge >= 0.3 is 0 Å². The zero-order valence-corrected chi connectivity index (χ0v) is 12.8. The number of hydrogen-bond acceptors (Lipinski definition) is 2. The van der Waals surface area contributed by atoms with Crippen molar-refractivity contribution >= 4 is 32.6 Å². The smallest absolute Gasteiger partial charge is 0.182 e. The molecule has 1 atom stereocenters. The third-order valence-electron chi connectivity index (χ3n) is 4.08. The van der Waals surface area contributed by atoms with Crippen LogP contribution in [0.25, 0.3) is 10.9 Å². The van der Waals surface area contributed by atoms with Gasteiger partial charge in [-0.2, -0.15) is 0 Å². The van der Waals surface area contributed by atoms with Crippen molar-refractivity contribution in [3.63, 3.8) is 0 Å². The maximum absolute atomic E-state index is 12.7. The van der Waals surface area contributed by atoms with Crippen LogP contribution in [0, 0.1) is 6.92 Å². The molecule has 1 aliphatic rings. The molecule has 2 heterocycles. The van der Waals surface area contributed by atoms with Gasteiger partial charge in [0.25, 0.3) is 0 Å². The first-order chi connectivity index (χ1) is 9.09. The maximum Gasteiger partial charge on any atom is 0.182 e. The summed E-state index contributed by atoms with van der Waals surface area (Å²) < 4.78 is 3.14. The fourth-order valence-corrected chi connectivity index (χ4v) is 3.28. The number of Topliss-reactive ketones (excluding diaryl/α,β-unsaturated/α-hetero) is 1. The molecule has 19 heavy (non-hydrogen) atoms. The second kappa shape index (κ2) is 4.76. The number of aryl methyl sites for hydroxylation is 1. The van der Waals surface area contributed by atoms with Crippen molar-refractivity contribution in [1.29, 1.82) is 0 Å². The van der Waals surface area contributed by atoms with Crippen LogP contribution in [0.4, 0.5) is 0 Å². The van der Waals surface area contributed by atoms with E-state index in [1.807, 2.05) is 26.1 Å². The molecule has 1 N–H and O–H groups in total. The molecule has 0 radical (unpaired) electrons. The number of rotatable bonds is 2. The summed E-state index contributed by atoms with van der Waals surface area (Å²) in [5.41, 5.74) is 3.03. The Morgan fingerprint density at radius 2 is 2.26 bits per heavy atom. The van der Waals surface area contributed by atoms with Crippen LogP contribution in [0.15, 0.2) is 22.7 Å². The van der Waals surface area contributed by atoms with Crippen LogP contribution >= 0.6 is 15.9 Å². The summed E-state index contributed by atoms with van der Waals surface area (Å²) in [6.07, 6.45) is 2.04. The topological polar surface area (TPSA) is 34.0 Å². The predicted molar refractivity (Wildman–Crippen MR) is 80.7 cm³/mol. The Hall–Kier alpha value is -1.13. The normalized spacial score (nSPS) is 19.2. The van der Waals surface area contributed by atoms with E-state index in [1.54, 1.807) is 0 Å². The molecule has 1 saturated heterocycles. The van der Waals surface area contributed by atoms with Crippen LogP contribution in [0.2, 0.25) is 0 Å². The van der Waals surface area contributed by atoms with Crippen LogP contribution < -0.4 is 5.32 Å². The summed E-state index contributed by atoms with van der Waals surface area (Å²) in [6, 6.07) is 6.10. The molecular weight excluding hydrogens is 304 g/mol. The first-order valence-corrected chi connectivity index (χ1v) is 7.41. The van der Waals surface area contributed by atoms with Crippen LogP contribution in [-0.4, -0.2) is 22.9 Å². The Morgan fingerprint density at radius 3 is 2.95 bits per heavy atom. The fourth-order valence-electron chi connectivity index (χ4n) is 2.93. The van der Waals surface area contributed by atoms with Gasteiger partial charge in [0.1, 0.15) is 0 Å². The highest BCUT2D eigenvalue weighted by Crippen LogP contribution is 2.29. The molecule has 4 heteroatoms. The largest absolute Gasteiger partial charge is 0.347 e. The van der Waals surface area contributed by atoms with Crippen molar-refractivity contribution in [1.82, 2.24) is 9.88 Å². The Morgan fingerprint density at radius 1 is 1.47 bits per heavy atom. The summed E-state index contributed by atoms with van der Waals surface area (Å²) in [6.45, 7) is 2.97. The summed E-state index contributed by atoms with van der Waals surface area (Å²) in [7, 11) is 2.02. The Bertz CT molecular complexity index is 654. The second-order valence-electron chi connectivity index (χ2n) is 5.19. The van der Waals surface area contributed by atoms with E-state index in [9.17, 15) is 4.79 Å². The average Bonchev–Trinajstić information content (AvgIpc) is 2.99. The van der Waals surface area contributed by atoms with Gasteiger partial charge in [0.2, 0.25) is 0 Å². The van der Waals surface area contributed by atoms with E-state index in [2.05, 4.69) is 31.9 Å². The SMILES string of the molecule is Cc1c(C(=O)C2CCCN2)c2ccc(Br)cc2n1C. The van der Waals surface area contributed by atoms with E-state index in [4.69, 9.17) is 0 Å². The van der Waals surface area contributed by atoms with Gasteiger partial charge in [0, 0.05) is 33.7 Å². The number of carbonyl (C=O) groups is 1. The molecule has 2 aromatic rings. The summed E-state index contributed by atoms with van der Waals surface area (Å²) in [4.78, 5) is 12.7. The van der Waals surface area contributed by atoms with Crippen molar-refractivity contribution in [2.24, 2.45) is 7.05 Å². The number of carbonyl (C=O) groups excluding carboxylic acids is 1. The van der Waals surface area contributed by atoms with Gasteiger partial charge in [-0.15, -0.1) is 0 Å². The minimum Gasteiger partial charge on any atom is -0.347 e. The van der Waals surface area contributed by atoms with Gasteiger partial charge in [-0.25, -0.2) is 0 Å². The van der Waals surface area contributed by atoms with E-state index in [0.717, 1.165) is 46.0 Å². The lowest BCUT2D eigenvalue weighted by atomic mass is 10.00. The summed E-state index contributed by atoms with van der Waals surface area (Å²) in [5, 5.41) is 4.36. The summed E-state index contributed by atoms with van der Waals surface area (Å²) in [5.74, 6) is 0.239. The highest BCUT2D eigenvalue weighted by Gasteiger charge is 2.27. The van der Waals surface area contributed by atoms with Crippen molar-refractivity contribution in [2.45, 2.75) is 25.8 Å². The molecule has 0 saturated carbocycles. The van der Waals surface area contributed by atoms with Gasteiger partial charge in [-0.05, 0) is 38.4 Å². The Labute approximate surface area is 121 Å². The third-order valence-corrected chi connectivity index (χ3v) is 4.57. The molecule has 1 unspecified atom stereocenters. The molecule has 1 aliphatic heterocycles. The van der Waals surface area contributed by atoms with Crippen molar-refractivity contribution < 1.29 is 4.79 Å². The lowest BCUT2D eigenvalue weighted by Gasteiger charge is -2.09. The monoisotopic (exact) mass is 320 g/mol. The molecule has 3 rings (SSSR count). The lowest BCUT2D eigenvalue weighted by Crippen LogP contribution is -2.31. The molecule has 1 aromatic carbocycles. The lowest BCUT2D eigenvalue weighted by molar-refractivity contribution is 0.0953. The summed E-state index contributed by atoms with van der Waals surface area (Å²) >= 11 is 3.49. The maximum atomic E-state index is 12.7. The minimum absolute atomic E-state index is 0.00653. The molecule has 0 spiro atoms. The number of nitrogens with one attached hydrogen (secondary N) is 1. The van der Waals surface area contributed by atoms with Crippen LogP contribution in [-0.2, 0) is 7.05 Å². The zero-order valence-electron chi connectivity index (χ0n) is 11.2. The van der Waals surface area contributed by atoms with Crippen molar-refractivity contribution in [2.75, 3.05) is 6.54 Å². The first-order valence-electron chi connectivity index (χ1n) is 6.61. The number of halogens is 1. The Balaban J connectivity index is 2.17. The standard InChI is InChI=1S/C15H17BrN2O/c1-9-14(15(19)12-4-3-7-17-12)11-6-5-10(16)8-13(11)18(9)2/h5-6,8,12,17H,3-4,7H2,1-2H3. The number of fused-ring (bicyclic) bond motifs is 1. The molecule has 1 fully saturated rings.